The first-order valence-corrected chi connectivity index (χ1v) is 8.87. The molecule has 0 fully saturated rings. The molecule has 1 aliphatic rings. The van der Waals surface area contributed by atoms with E-state index in [1.165, 1.54) is 13.2 Å². The van der Waals surface area contributed by atoms with Gasteiger partial charge in [0.25, 0.3) is 5.69 Å². The summed E-state index contributed by atoms with van der Waals surface area (Å²) in [6.45, 7) is 0. The van der Waals surface area contributed by atoms with E-state index in [0.717, 1.165) is 18.4 Å². The van der Waals surface area contributed by atoms with Crippen molar-refractivity contribution in [2.24, 2.45) is 5.92 Å². The van der Waals surface area contributed by atoms with Crippen molar-refractivity contribution in [1.82, 2.24) is 0 Å². The molecule has 0 aliphatic heterocycles. The third kappa shape index (κ3) is 5.23. The second kappa shape index (κ2) is 8.76. The third-order valence-electron chi connectivity index (χ3n) is 5.03. The number of methoxy groups -OCH3 is 1. The minimum atomic E-state index is -4.76. The standard InChI is InChI=1S/C18H21BF3NO4/c1-27-17-12-8-7-11(5-3-2-4-6-16(24)18(20,21)22)9-13(12)15(23(25)26)10-14(17)19/h10-11H,2-9H2,1H3. The molecule has 0 spiro atoms. The Hall–Kier alpha value is -2.06. The highest BCUT2D eigenvalue weighted by molar-refractivity contribution is 6.34. The van der Waals surface area contributed by atoms with Crippen LogP contribution >= 0.6 is 0 Å². The average molecular weight is 383 g/mol. The van der Waals surface area contributed by atoms with Crippen molar-refractivity contribution >= 4 is 24.8 Å². The van der Waals surface area contributed by atoms with Crippen LogP contribution in [0.1, 0.15) is 49.7 Å². The van der Waals surface area contributed by atoms with Crippen LogP contribution in [0.2, 0.25) is 0 Å². The second-order valence-electron chi connectivity index (χ2n) is 6.86. The zero-order chi connectivity index (χ0) is 20.2. The molecular formula is C18H21BF3NO4. The summed E-state index contributed by atoms with van der Waals surface area (Å²) in [6, 6.07) is 1.32. The largest absolute Gasteiger partial charge is 0.497 e. The van der Waals surface area contributed by atoms with E-state index in [4.69, 9.17) is 12.6 Å². The molecule has 2 rings (SSSR count). The van der Waals surface area contributed by atoms with Crippen LogP contribution in [0.25, 0.3) is 0 Å². The molecule has 0 aromatic heterocycles. The topological polar surface area (TPSA) is 69.4 Å². The molecule has 27 heavy (non-hydrogen) atoms. The maximum Gasteiger partial charge on any atom is 0.449 e. The molecule has 1 aliphatic carbocycles. The van der Waals surface area contributed by atoms with Crippen molar-refractivity contribution in [2.75, 3.05) is 7.11 Å². The van der Waals surface area contributed by atoms with Gasteiger partial charge in [0, 0.05) is 23.6 Å². The number of hydrogen-bond acceptors (Lipinski definition) is 4. The van der Waals surface area contributed by atoms with Crippen LogP contribution in [-0.4, -0.2) is 31.8 Å². The fraction of sp³-hybridized carbons (Fsp3) is 0.611. The van der Waals surface area contributed by atoms with Gasteiger partial charge >= 0.3 is 6.18 Å². The van der Waals surface area contributed by atoms with E-state index in [-0.39, 0.29) is 23.5 Å². The lowest BCUT2D eigenvalue weighted by Gasteiger charge is -2.26. The van der Waals surface area contributed by atoms with E-state index in [0.29, 0.717) is 37.0 Å². The van der Waals surface area contributed by atoms with Gasteiger partial charge in [0.15, 0.2) is 0 Å². The predicted molar refractivity (Wildman–Crippen MR) is 94.7 cm³/mol. The number of benzene rings is 1. The fourth-order valence-corrected chi connectivity index (χ4v) is 3.68. The lowest BCUT2D eigenvalue weighted by atomic mass is 9.77. The molecule has 0 amide bonds. The van der Waals surface area contributed by atoms with Gasteiger partial charge in [0.05, 0.1) is 12.0 Å². The quantitative estimate of drug-likeness (QED) is 0.298. The number of rotatable bonds is 8. The number of carbonyl (C=O) groups excluding carboxylic acids is 1. The van der Waals surface area contributed by atoms with Gasteiger partial charge in [0.1, 0.15) is 13.6 Å². The summed E-state index contributed by atoms with van der Waals surface area (Å²) in [6.07, 6.45) is -1.14. The Kier molecular flexibility index (Phi) is 6.89. The van der Waals surface area contributed by atoms with Crippen molar-refractivity contribution in [3.05, 3.63) is 27.3 Å². The first-order valence-electron chi connectivity index (χ1n) is 8.87. The minimum Gasteiger partial charge on any atom is -0.497 e. The SMILES string of the molecule is [B]c1cc([N+](=O)[O-])c2c(c1OC)CCC(CCCCCC(=O)C(F)(F)F)C2. The summed E-state index contributed by atoms with van der Waals surface area (Å²) in [5.74, 6) is -0.989. The average Bonchev–Trinajstić information content (AvgIpc) is 2.59. The second-order valence-corrected chi connectivity index (χ2v) is 6.86. The molecule has 0 saturated carbocycles. The van der Waals surface area contributed by atoms with Crippen LogP contribution in [-0.2, 0) is 17.6 Å². The number of Topliss-reactive ketones (excluding diaryl/α,β-unsaturated/α-hetero) is 1. The van der Waals surface area contributed by atoms with Gasteiger partial charge in [-0.3, -0.25) is 14.9 Å². The van der Waals surface area contributed by atoms with Crippen LogP contribution in [0.3, 0.4) is 0 Å². The van der Waals surface area contributed by atoms with Gasteiger partial charge in [-0.25, -0.2) is 0 Å². The van der Waals surface area contributed by atoms with Crippen LogP contribution in [0.15, 0.2) is 6.07 Å². The number of ether oxygens (including phenoxy) is 1. The zero-order valence-electron chi connectivity index (χ0n) is 15.1. The molecule has 0 heterocycles. The van der Waals surface area contributed by atoms with E-state index in [9.17, 15) is 28.1 Å². The highest BCUT2D eigenvalue weighted by Gasteiger charge is 2.37. The van der Waals surface area contributed by atoms with Gasteiger partial charge in [-0.15, -0.1) is 0 Å². The Balaban J connectivity index is 1.94. The number of halogens is 3. The Morgan fingerprint density at radius 2 is 2.04 bits per heavy atom. The molecule has 1 unspecified atom stereocenters. The first kappa shape index (κ1) is 21.2. The fourth-order valence-electron chi connectivity index (χ4n) is 3.68. The summed E-state index contributed by atoms with van der Waals surface area (Å²) < 4.78 is 41.8. The Morgan fingerprint density at radius 3 is 2.63 bits per heavy atom. The molecule has 0 bridgehead atoms. The molecule has 0 N–H and O–H groups in total. The lowest BCUT2D eigenvalue weighted by Crippen LogP contribution is -2.22. The highest BCUT2D eigenvalue weighted by atomic mass is 19.4. The number of unbranched alkanes of at least 4 members (excludes halogenated alkanes) is 2. The van der Waals surface area contributed by atoms with E-state index < -0.39 is 23.3 Å². The van der Waals surface area contributed by atoms with E-state index in [1.54, 1.807) is 0 Å². The lowest BCUT2D eigenvalue weighted by molar-refractivity contribution is -0.385. The number of hydrogen-bond donors (Lipinski definition) is 0. The number of ketones is 1. The highest BCUT2D eigenvalue weighted by Crippen LogP contribution is 2.38. The van der Waals surface area contributed by atoms with Crippen molar-refractivity contribution in [1.29, 1.82) is 0 Å². The van der Waals surface area contributed by atoms with Crippen LogP contribution < -0.4 is 10.2 Å². The molecule has 2 radical (unpaired) electrons. The molecular weight excluding hydrogens is 362 g/mol. The van der Waals surface area contributed by atoms with Crippen LogP contribution in [0, 0.1) is 16.0 Å². The number of nitrogens with zero attached hydrogens (tertiary/aromatic N) is 1. The van der Waals surface area contributed by atoms with Gasteiger partial charge in [0.2, 0.25) is 5.78 Å². The Morgan fingerprint density at radius 1 is 1.33 bits per heavy atom. The molecule has 1 atom stereocenters. The van der Waals surface area contributed by atoms with Gasteiger partial charge in [-0.2, -0.15) is 13.2 Å². The maximum absolute atomic E-state index is 12.2. The first-order chi connectivity index (χ1) is 12.6. The smallest absolute Gasteiger partial charge is 0.449 e. The van der Waals surface area contributed by atoms with E-state index in [2.05, 4.69) is 0 Å². The number of fused-ring (bicyclic) bond motifs is 1. The summed E-state index contributed by atoms with van der Waals surface area (Å²) >= 11 is 0. The van der Waals surface area contributed by atoms with Gasteiger partial charge in [-0.05, 0) is 37.1 Å². The molecule has 9 heteroatoms. The normalized spacial score (nSPS) is 16.7. The van der Waals surface area contributed by atoms with E-state index >= 15 is 0 Å². The number of nitro groups is 1. The molecule has 0 saturated heterocycles. The Bertz CT molecular complexity index is 722. The van der Waals surface area contributed by atoms with Gasteiger partial charge < -0.3 is 4.74 Å². The van der Waals surface area contributed by atoms with Crippen molar-refractivity contribution in [3.63, 3.8) is 0 Å². The zero-order valence-corrected chi connectivity index (χ0v) is 15.1. The monoisotopic (exact) mass is 383 g/mol. The summed E-state index contributed by atoms with van der Waals surface area (Å²) in [7, 11) is 7.34. The van der Waals surface area contributed by atoms with Crippen molar-refractivity contribution in [2.45, 2.75) is 57.5 Å². The molecule has 146 valence electrons. The van der Waals surface area contributed by atoms with Crippen LogP contribution in [0.4, 0.5) is 18.9 Å². The summed E-state index contributed by atoms with van der Waals surface area (Å²) in [5, 5.41) is 11.4. The van der Waals surface area contributed by atoms with Crippen molar-refractivity contribution in [3.8, 4) is 5.75 Å². The maximum atomic E-state index is 12.2. The summed E-state index contributed by atoms with van der Waals surface area (Å²) in [5.41, 5.74) is 1.64. The van der Waals surface area contributed by atoms with Gasteiger partial charge in [-0.1, -0.05) is 19.3 Å². The predicted octanol–water partition coefficient (Wildman–Crippen LogP) is 3.58. The molecule has 5 nitrogen and oxygen atoms in total. The summed E-state index contributed by atoms with van der Waals surface area (Å²) in [4.78, 5) is 21.8. The number of nitro benzene ring substituents is 1. The molecule has 1 aromatic carbocycles. The van der Waals surface area contributed by atoms with Crippen LogP contribution in [0.5, 0.6) is 5.75 Å². The number of carbonyl (C=O) groups is 1. The van der Waals surface area contributed by atoms with Crippen molar-refractivity contribution < 1.29 is 27.6 Å². The number of alkyl halides is 3. The third-order valence-corrected chi connectivity index (χ3v) is 5.03. The minimum absolute atomic E-state index is 0.0104. The Labute approximate surface area is 156 Å². The molecule has 1 aromatic rings. The van der Waals surface area contributed by atoms with E-state index in [1.807, 2.05) is 0 Å².